The lowest BCUT2D eigenvalue weighted by Gasteiger charge is -2.10. The van der Waals surface area contributed by atoms with Crippen LogP contribution in [0.3, 0.4) is 0 Å². The number of anilines is 1. The molecule has 0 spiro atoms. The Morgan fingerprint density at radius 2 is 2.29 bits per heavy atom. The van der Waals surface area contributed by atoms with Crippen molar-refractivity contribution < 1.29 is 9.18 Å². The average Bonchev–Trinajstić information content (AvgIpc) is 2.87. The molecule has 90 valence electrons. The van der Waals surface area contributed by atoms with Gasteiger partial charge in [0.1, 0.15) is 5.82 Å². The number of hydrogen-bond donors (Lipinski definition) is 2. The highest BCUT2D eigenvalue weighted by molar-refractivity contribution is 5.99. The van der Waals surface area contributed by atoms with Crippen molar-refractivity contribution in [2.75, 3.05) is 18.4 Å². The third-order valence-electron chi connectivity index (χ3n) is 3.53. The number of rotatable bonds is 2. The summed E-state index contributed by atoms with van der Waals surface area (Å²) < 4.78 is 13.8. The van der Waals surface area contributed by atoms with Crippen LogP contribution in [0.1, 0.15) is 17.5 Å². The van der Waals surface area contributed by atoms with Crippen LogP contribution in [-0.2, 0) is 17.6 Å². The van der Waals surface area contributed by atoms with Crippen molar-refractivity contribution in [1.82, 2.24) is 5.32 Å². The number of benzene rings is 1. The second-order valence-electron chi connectivity index (χ2n) is 4.90. The third-order valence-corrected chi connectivity index (χ3v) is 3.53. The summed E-state index contributed by atoms with van der Waals surface area (Å²) in [6, 6.07) is 3.53. The van der Waals surface area contributed by atoms with Crippen LogP contribution < -0.4 is 10.6 Å². The maximum atomic E-state index is 13.8. The van der Waals surface area contributed by atoms with E-state index in [4.69, 9.17) is 0 Å². The van der Waals surface area contributed by atoms with Crippen molar-refractivity contribution >= 4 is 11.6 Å². The summed E-state index contributed by atoms with van der Waals surface area (Å²) >= 11 is 0. The molecule has 3 rings (SSSR count). The smallest absolute Gasteiger partial charge is 0.228 e. The van der Waals surface area contributed by atoms with Gasteiger partial charge >= 0.3 is 0 Å². The zero-order valence-electron chi connectivity index (χ0n) is 9.55. The second-order valence-corrected chi connectivity index (χ2v) is 4.90. The van der Waals surface area contributed by atoms with E-state index < -0.39 is 0 Å². The summed E-state index contributed by atoms with van der Waals surface area (Å²) in [5.41, 5.74) is 2.19. The Morgan fingerprint density at radius 1 is 1.41 bits per heavy atom. The number of hydrogen-bond acceptors (Lipinski definition) is 2. The average molecular weight is 234 g/mol. The topological polar surface area (TPSA) is 41.1 Å². The molecule has 1 amide bonds. The van der Waals surface area contributed by atoms with Gasteiger partial charge in [0.05, 0.1) is 12.1 Å². The fourth-order valence-corrected chi connectivity index (χ4v) is 2.70. The molecule has 0 saturated carbocycles. The highest BCUT2D eigenvalue weighted by Gasteiger charge is 2.23. The lowest BCUT2D eigenvalue weighted by molar-refractivity contribution is -0.115. The Labute approximate surface area is 99.4 Å². The van der Waals surface area contributed by atoms with E-state index >= 15 is 0 Å². The van der Waals surface area contributed by atoms with E-state index in [1.807, 2.05) is 6.07 Å². The van der Waals surface area contributed by atoms with E-state index in [1.165, 1.54) is 0 Å². The molecule has 2 N–H and O–H groups in total. The molecule has 1 atom stereocenters. The molecule has 0 bridgehead atoms. The third kappa shape index (κ3) is 2.05. The molecule has 0 radical (unpaired) electrons. The first-order chi connectivity index (χ1) is 8.22. The van der Waals surface area contributed by atoms with E-state index in [-0.39, 0.29) is 11.7 Å². The van der Waals surface area contributed by atoms with Gasteiger partial charge in [-0.15, -0.1) is 0 Å². The standard InChI is InChI=1S/C13H15FN2O/c14-11-5-9(3-8-1-2-15-7-8)4-10-6-12(17)16-13(10)11/h4-5,8,15H,1-3,6-7H2,(H,16,17). The van der Waals surface area contributed by atoms with Crippen LogP contribution in [0, 0.1) is 11.7 Å². The Balaban J connectivity index is 1.84. The van der Waals surface area contributed by atoms with Crippen LogP contribution >= 0.6 is 0 Å². The van der Waals surface area contributed by atoms with Crippen LogP contribution in [0.5, 0.6) is 0 Å². The van der Waals surface area contributed by atoms with E-state index in [9.17, 15) is 9.18 Å². The molecule has 1 saturated heterocycles. The molecule has 2 aliphatic heterocycles. The molecular formula is C13H15FN2O. The van der Waals surface area contributed by atoms with E-state index in [2.05, 4.69) is 10.6 Å². The molecule has 1 aromatic carbocycles. The zero-order chi connectivity index (χ0) is 11.8. The SMILES string of the molecule is O=C1Cc2cc(CC3CCNC3)cc(F)c2N1. The van der Waals surface area contributed by atoms with Gasteiger partial charge in [-0.05, 0) is 49.0 Å². The zero-order valence-corrected chi connectivity index (χ0v) is 9.55. The van der Waals surface area contributed by atoms with Gasteiger partial charge in [0.2, 0.25) is 5.91 Å². The van der Waals surface area contributed by atoms with Crippen molar-refractivity contribution in [3.63, 3.8) is 0 Å². The predicted octanol–water partition coefficient (Wildman–Crippen LogP) is 1.47. The number of carbonyl (C=O) groups excluding carboxylic acids is 1. The van der Waals surface area contributed by atoms with Crippen LogP contribution in [0.2, 0.25) is 0 Å². The number of fused-ring (bicyclic) bond motifs is 1. The first-order valence-electron chi connectivity index (χ1n) is 6.04. The number of halogens is 1. The summed E-state index contributed by atoms with van der Waals surface area (Å²) in [5.74, 6) is 0.186. The van der Waals surface area contributed by atoms with Crippen LogP contribution in [-0.4, -0.2) is 19.0 Å². The minimum absolute atomic E-state index is 0.112. The van der Waals surface area contributed by atoms with Crippen molar-refractivity contribution in [3.8, 4) is 0 Å². The molecule has 17 heavy (non-hydrogen) atoms. The molecule has 0 aromatic heterocycles. The molecule has 1 unspecified atom stereocenters. The lowest BCUT2D eigenvalue weighted by atomic mass is 9.96. The van der Waals surface area contributed by atoms with Crippen molar-refractivity contribution in [2.45, 2.75) is 19.3 Å². The number of amides is 1. The maximum absolute atomic E-state index is 13.8. The largest absolute Gasteiger partial charge is 0.323 e. The fourth-order valence-electron chi connectivity index (χ4n) is 2.70. The Hall–Kier alpha value is -1.42. The van der Waals surface area contributed by atoms with Gasteiger partial charge in [0.15, 0.2) is 0 Å². The minimum Gasteiger partial charge on any atom is -0.323 e. The van der Waals surface area contributed by atoms with E-state index in [1.54, 1.807) is 6.07 Å². The highest BCUT2D eigenvalue weighted by atomic mass is 19.1. The predicted molar refractivity (Wildman–Crippen MR) is 63.4 cm³/mol. The molecule has 1 fully saturated rings. The van der Waals surface area contributed by atoms with Gasteiger partial charge in [-0.3, -0.25) is 4.79 Å². The second kappa shape index (κ2) is 4.11. The molecule has 2 aliphatic rings. The van der Waals surface area contributed by atoms with Gasteiger partial charge < -0.3 is 10.6 Å². The quantitative estimate of drug-likeness (QED) is 0.813. The van der Waals surface area contributed by atoms with Gasteiger partial charge in [0, 0.05) is 0 Å². The monoisotopic (exact) mass is 234 g/mol. The lowest BCUT2D eigenvalue weighted by Crippen LogP contribution is -2.11. The Bertz CT molecular complexity index is 467. The Morgan fingerprint density at radius 3 is 3.06 bits per heavy atom. The summed E-state index contributed by atoms with van der Waals surface area (Å²) in [6.07, 6.45) is 2.35. The summed E-state index contributed by atoms with van der Waals surface area (Å²) in [5, 5.41) is 5.87. The molecule has 2 heterocycles. The van der Waals surface area contributed by atoms with E-state index in [0.29, 0.717) is 18.0 Å². The number of nitrogens with one attached hydrogen (secondary N) is 2. The minimum atomic E-state index is -0.297. The molecule has 0 aliphatic carbocycles. The normalized spacial score (nSPS) is 22.6. The van der Waals surface area contributed by atoms with Gasteiger partial charge in [-0.1, -0.05) is 6.07 Å². The molecule has 3 nitrogen and oxygen atoms in total. The first-order valence-corrected chi connectivity index (χ1v) is 6.04. The highest BCUT2D eigenvalue weighted by Crippen LogP contribution is 2.29. The van der Waals surface area contributed by atoms with Crippen LogP contribution in [0.15, 0.2) is 12.1 Å². The first kappa shape index (κ1) is 10.7. The molecule has 4 heteroatoms. The van der Waals surface area contributed by atoms with Crippen molar-refractivity contribution in [2.24, 2.45) is 5.92 Å². The summed E-state index contributed by atoms with van der Waals surface area (Å²) in [6.45, 7) is 2.06. The van der Waals surface area contributed by atoms with E-state index in [0.717, 1.165) is 37.1 Å². The van der Waals surface area contributed by atoms with Crippen molar-refractivity contribution in [3.05, 3.63) is 29.1 Å². The van der Waals surface area contributed by atoms with Gasteiger partial charge in [-0.25, -0.2) is 4.39 Å². The van der Waals surface area contributed by atoms with Crippen molar-refractivity contribution in [1.29, 1.82) is 0 Å². The molecular weight excluding hydrogens is 219 g/mol. The van der Waals surface area contributed by atoms with Gasteiger partial charge in [-0.2, -0.15) is 0 Å². The van der Waals surface area contributed by atoms with Crippen LogP contribution in [0.25, 0.3) is 0 Å². The summed E-state index contributed by atoms with van der Waals surface area (Å²) in [7, 11) is 0. The summed E-state index contributed by atoms with van der Waals surface area (Å²) in [4.78, 5) is 11.2. The van der Waals surface area contributed by atoms with Crippen LogP contribution in [0.4, 0.5) is 10.1 Å². The molecule has 1 aromatic rings. The fraction of sp³-hybridized carbons (Fsp3) is 0.462. The van der Waals surface area contributed by atoms with Gasteiger partial charge in [0.25, 0.3) is 0 Å². The Kier molecular flexibility index (Phi) is 2.59. The number of carbonyl (C=O) groups is 1. The maximum Gasteiger partial charge on any atom is 0.228 e.